The number of aromatic nitrogens is 2. The summed E-state index contributed by atoms with van der Waals surface area (Å²) in [6.07, 6.45) is 5.60. The van der Waals surface area contributed by atoms with Crippen LogP contribution in [0.25, 0.3) is 0 Å². The van der Waals surface area contributed by atoms with Gasteiger partial charge in [0, 0.05) is 0 Å². The fraction of sp³-hybridized carbons (Fsp3) is 0.706. The Hall–Kier alpha value is -2.05. The molecule has 24 heavy (non-hydrogen) atoms. The standard InChI is InChI=1S/C17H29N3O4/c1-13(2)11-14(18-16(22)24-17(3,4)5)15(21)23-10-9-20-8-7-19(6)12-20/h7-8,12-14H,9-11H2,1-6H3/p+1/t14-/m0/s1. The number of aryl methyl sites for hydroxylation is 1. The lowest BCUT2D eigenvalue weighted by molar-refractivity contribution is -0.671. The van der Waals surface area contributed by atoms with Gasteiger partial charge in [-0.05, 0) is 33.1 Å². The Morgan fingerprint density at radius 1 is 1.29 bits per heavy atom. The lowest BCUT2D eigenvalue weighted by atomic mass is 10.0. The number of amides is 1. The molecule has 0 aliphatic rings. The maximum Gasteiger partial charge on any atom is 0.408 e. The first kappa shape index (κ1) is 20.0. The highest BCUT2D eigenvalue weighted by Crippen LogP contribution is 2.10. The third-order valence-electron chi connectivity index (χ3n) is 3.10. The first-order chi connectivity index (χ1) is 11.1. The zero-order chi connectivity index (χ0) is 18.3. The number of carbonyl (C=O) groups is 2. The van der Waals surface area contributed by atoms with Gasteiger partial charge in [0.2, 0.25) is 6.33 Å². The van der Waals surface area contributed by atoms with Gasteiger partial charge in [0.25, 0.3) is 0 Å². The summed E-state index contributed by atoms with van der Waals surface area (Å²) in [5, 5.41) is 2.61. The van der Waals surface area contributed by atoms with Crippen molar-refractivity contribution in [2.75, 3.05) is 6.61 Å². The van der Waals surface area contributed by atoms with Crippen LogP contribution in [0.5, 0.6) is 0 Å². The summed E-state index contributed by atoms with van der Waals surface area (Å²) in [6.45, 7) is 10.1. The molecule has 1 aromatic heterocycles. The molecule has 0 bridgehead atoms. The fourth-order valence-corrected chi connectivity index (χ4v) is 2.12. The molecule has 0 aliphatic heterocycles. The normalized spacial score (nSPS) is 12.8. The Morgan fingerprint density at radius 3 is 2.46 bits per heavy atom. The van der Waals surface area contributed by atoms with Gasteiger partial charge in [0.05, 0.1) is 7.05 Å². The Labute approximate surface area is 143 Å². The molecule has 1 amide bonds. The van der Waals surface area contributed by atoms with Gasteiger partial charge in [0.15, 0.2) is 0 Å². The fourth-order valence-electron chi connectivity index (χ4n) is 2.12. The van der Waals surface area contributed by atoms with Crippen LogP contribution in [0.3, 0.4) is 0 Å². The van der Waals surface area contributed by atoms with Crippen LogP contribution in [0.4, 0.5) is 4.79 Å². The molecule has 0 aromatic carbocycles. The Bertz CT molecular complexity index is 546. The highest BCUT2D eigenvalue weighted by Gasteiger charge is 2.26. The van der Waals surface area contributed by atoms with E-state index in [9.17, 15) is 9.59 Å². The van der Waals surface area contributed by atoms with Gasteiger partial charge in [-0.1, -0.05) is 13.8 Å². The number of nitrogens with one attached hydrogen (secondary N) is 1. The Morgan fingerprint density at radius 2 is 1.96 bits per heavy atom. The quantitative estimate of drug-likeness (QED) is 0.607. The van der Waals surface area contributed by atoms with E-state index in [1.165, 1.54) is 0 Å². The maximum absolute atomic E-state index is 12.3. The van der Waals surface area contributed by atoms with E-state index in [4.69, 9.17) is 9.47 Å². The first-order valence-corrected chi connectivity index (χ1v) is 8.24. The minimum absolute atomic E-state index is 0.237. The molecule has 0 radical (unpaired) electrons. The highest BCUT2D eigenvalue weighted by atomic mass is 16.6. The van der Waals surface area contributed by atoms with Crippen molar-refractivity contribution in [1.82, 2.24) is 9.88 Å². The van der Waals surface area contributed by atoms with Crippen molar-refractivity contribution in [3.8, 4) is 0 Å². The van der Waals surface area contributed by atoms with Crippen LogP contribution in [-0.2, 0) is 27.9 Å². The molecule has 0 saturated heterocycles. The minimum Gasteiger partial charge on any atom is -0.460 e. The number of carbonyl (C=O) groups excluding carboxylic acids is 2. The number of nitrogens with zero attached hydrogens (tertiary/aromatic N) is 2. The number of alkyl carbamates (subject to hydrolysis) is 1. The molecule has 1 heterocycles. The molecule has 0 spiro atoms. The molecule has 7 heteroatoms. The van der Waals surface area contributed by atoms with Crippen LogP contribution in [0, 0.1) is 5.92 Å². The van der Waals surface area contributed by atoms with Crippen molar-refractivity contribution in [2.45, 2.75) is 59.2 Å². The van der Waals surface area contributed by atoms with Gasteiger partial charge in [-0.3, -0.25) is 0 Å². The number of ether oxygens (including phenoxy) is 2. The van der Waals surface area contributed by atoms with E-state index in [2.05, 4.69) is 5.32 Å². The summed E-state index contributed by atoms with van der Waals surface area (Å²) >= 11 is 0. The molecule has 1 aromatic rings. The van der Waals surface area contributed by atoms with Crippen LogP contribution in [0.15, 0.2) is 18.7 Å². The van der Waals surface area contributed by atoms with Gasteiger partial charge >= 0.3 is 12.1 Å². The Balaban J connectivity index is 2.52. The third-order valence-corrected chi connectivity index (χ3v) is 3.10. The van der Waals surface area contributed by atoms with Crippen LogP contribution in [-0.4, -0.2) is 34.9 Å². The predicted octanol–water partition coefficient (Wildman–Crippen LogP) is 1.80. The molecule has 0 fully saturated rings. The zero-order valence-electron chi connectivity index (χ0n) is 15.5. The third kappa shape index (κ3) is 7.99. The summed E-state index contributed by atoms with van der Waals surface area (Å²) in [5.41, 5.74) is -0.611. The minimum atomic E-state index is -0.708. The highest BCUT2D eigenvalue weighted by molar-refractivity contribution is 5.81. The lowest BCUT2D eigenvalue weighted by Crippen LogP contribution is -2.45. The first-order valence-electron chi connectivity index (χ1n) is 8.24. The van der Waals surface area contributed by atoms with Gasteiger partial charge in [0.1, 0.15) is 37.2 Å². The molecular formula is C17H30N3O4+. The Kier molecular flexibility index (Phi) is 7.25. The van der Waals surface area contributed by atoms with Gasteiger partial charge in [-0.15, -0.1) is 0 Å². The van der Waals surface area contributed by atoms with Crippen LogP contribution < -0.4 is 9.88 Å². The summed E-state index contributed by atoms with van der Waals surface area (Å²) in [5.74, 6) is -0.202. The van der Waals surface area contributed by atoms with Gasteiger partial charge in [-0.25, -0.2) is 18.7 Å². The van der Waals surface area contributed by atoms with Gasteiger partial charge < -0.3 is 14.8 Å². The van der Waals surface area contributed by atoms with E-state index < -0.39 is 23.7 Å². The maximum atomic E-state index is 12.3. The molecular weight excluding hydrogens is 310 g/mol. The van der Waals surface area contributed by atoms with Crippen molar-refractivity contribution in [3.63, 3.8) is 0 Å². The van der Waals surface area contributed by atoms with Gasteiger partial charge in [-0.2, -0.15) is 0 Å². The lowest BCUT2D eigenvalue weighted by Gasteiger charge is -2.23. The molecule has 0 unspecified atom stereocenters. The van der Waals surface area contributed by atoms with E-state index >= 15 is 0 Å². The average molecular weight is 340 g/mol. The molecule has 1 rings (SSSR count). The van der Waals surface area contributed by atoms with Crippen molar-refractivity contribution in [3.05, 3.63) is 18.7 Å². The number of hydrogen-bond donors (Lipinski definition) is 1. The summed E-state index contributed by atoms with van der Waals surface area (Å²) in [6, 6.07) is -0.708. The zero-order valence-corrected chi connectivity index (χ0v) is 15.5. The van der Waals surface area contributed by atoms with Crippen LogP contribution in [0.2, 0.25) is 0 Å². The smallest absolute Gasteiger partial charge is 0.408 e. The van der Waals surface area contributed by atoms with Crippen LogP contribution in [0.1, 0.15) is 41.0 Å². The van der Waals surface area contributed by atoms with Crippen molar-refractivity contribution in [1.29, 1.82) is 0 Å². The SMILES string of the molecule is CC(C)C[C@H](NC(=O)OC(C)(C)C)C(=O)OCCn1cc[n+](C)c1. The molecule has 1 N–H and O–H groups in total. The largest absolute Gasteiger partial charge is 0.460 e. The molecule has 7 nitrogen and oxygen atoms in total. The molecule has 0 aliphatic carbocycles. The van der Waals surface area contributed by atoms with Crippen LogP contribution >= 0.6 is 0 Å². The summed E-state index contributed by atoms with van der Waals surface area (Å²) in [4.78, 5) is 24.2. The second-order valence-electron chi connectivity index (χ2n) is 7.31. The molecule has 136 valence electrons. The van der Waals surface area contributed by atoms with Crippen molar-refractivity contribution in [2.24, 2.45) is 13.0 Å². The van der Waals surface area contributed by atoms with Crippen molar-refractivity contribution >= 4 is 12.1 Å². The predicted molar refractivity (Wildman–Crippen MR) is 89.2 cm³/mol. The van der Waals surface area contributed by atoms with E-state index in [0.717, 1.165) is 0 Å². The van der Waals surface area contributed by atoms with E-state index in [1.54, 1.807) is 20.8 Å². The number of rotatable bonds is 7. The van der Waals surface area contributed by atoms with E-state index in [0.29, 0.717) is 13.0 Å². The molecule has 1 atom stereocenters. The topological polar surface area (TPSA) is 73.4 Å². The van der Waals surface area contributed by atoms with E-state index in [-0.39, 0.29) is 12.5 Å². The summed E-state index contributed by atoms with van der Waals surface area (Å²) in [7, 11) is 1.92. The molecule has 0 saturated carbocycles. The number of esters is 1. The monoisotopic (exact) mass is 340 g/mol. The summed E-state index contributed by atoms with van der Waals surface area (Å²) < 4.78 is 14.4. The number of hydrogen-bond acceptors (Lipinski definition) is 4. The average Bonchev–Trinajstić information content (AvgIpc) is 2.80. The second kappa shape index (κ2) is 8.70. The second-order valence-corrected chi connectivity index (χ2v) is 7.31. The van der Waals surface area contributed by atoms with E-state index in [1.807, 2.05) is 48.8 Å². The van der Waals surface area contributed by atoms with Crippen molar-refractivity contribution < 1.29 is 23.6 Å². The number of imidazole rings is 1.